The Morgan fingerprint density at radius 3 is 2.20 bits per heavy atom. The number of fused-ring (bicyclic) bond motifs is 1. The SMILES string of the molecule is COc1ccc2c(C3C(C(C)=O)=C(C)NC(C)=C3C(C)=O)csc2c1. The maximum absolute atomic E-state index is 12.4. The van der Waals surface area contributed by atoms with Gasteiger partial charge in [0.2, 0.25) is 0 Å². The number of benzene rings is 1. The average Bonchev–Trinajstić information content (AvgIpc) is 2.95. The molecule has 2 aromatic rings. The van der Waals surface area contributed by atoms with Gasteiger partial charge in [0.25, 0.3) is 0 Å². The molecule has 0 saturated heterocycles. The molecule has 130 valence electrons. The molecule has 0 bridgehead atoms. The molecule has 1 aromatic heterocycles. The smallest absolute Gasteiger partial charge is 0.158 e. The molecule has 1 N–H and O–H groups in total. The number of allylic oxidation sites excluding steroid dienone is 4. The van der Waals surface area contributed by atoms with Gasteiger partial charge in [-0.3, -0.25) is 9.59 Å². The van der Waals surface area contributed by atoms with Gasteiger partial charge in [-0.25, -0.2) is 0 Å². The number of methoxy groups -OCH3 is 1. The van der Waals surface area contributed by atoms with Crippen LogP contribution in [0.5, 0.6) is 5.75 Å². The third kappa shape index (κ3) is 2.89. The normalized spacial score (nSPS) is 15.6. The maximum Gasteiger partial charge on any atom is 0.158 e. The largest absolute Gasteiger partial charge is 0.497 e. The van der Waals surface area contributed by atoms with E-state index in [0.717, 1.165) is 32.8 Å². The first-order valence-corrected chi connectivity index (χ1v) is 8.98. The van der Waals surface area contributed by atoms with E-state index in [0.29, 0.717) is 11.1 Å². The van der Waals surface area contributed by atoms with Crippen molar-refractivity contribution in [2.75, 3.05) is 7.11 Å². The summed E-state index contributed by atoms with van der Waals surface area (Å²) in [5, 5.41) is 6.30. The fraction of sp³-hybridized carbons (Fsp3) is 0.300. The zero-order chi connectivity index (χ0) is 18.3. The molecule has 25 heavy (non-hydrogen) atoms. The number of thiophene rings is 1. The van der Waals surface area contributed by atoms with E-state index in [9.17, 15) is 9.59 Å². The van der Waals surface area contributed by atoms with Crippen LogP contribution in [0.15, 0.2) is 46.1 Å². The van der Waals surface area contributed by atoms with Crippen LogP contribution in [0, 0.1) is 0 Å². The Morgan fingerprint density at radius 2 is 1.68 bits per heavy atom. The first-order chi connectivity index (χ1) is 11.8. The Hall–Kier alpha value is -2.40. The van der Waals surface area contributed by atoms with E-state index in [2.05, 4.69) is 5.32 Å². The van der Waals surface area contributed by atoms with Gasteiger partial charge < -0.3 is 10.1 Å². The van der Waals surface area contributed by atoms with Crippen LogP contribution in [0.3, 0.4) is 0 Å². The predicted octanol–water partition coefficient (Wildman–Crippen LogP) is 4.32. The van der Waals surface area contributed by atoms with Crippen LogP contribution in [0.4, 0.5) is 0 Å². The lowest BCUT2D eigenvalue weighted by Gasteiger charge is -2.30. The molecule has 4 nitrogen and oxygen atoms in total. The van der Waals surface area contributed by atoms with Crippen molar-refractivity contribution in [2.24, 2.45) is 0 Å². The molecule has 0 spiro atoms. The monoisotopic (exact) mass is 355 g/mol. The van der Waals surface area contributed by atoms with Gasteiger partial charge in [0.15, 0.2) is 11.6 Å². The third-order valence-corrected chi connectivity index (χ3v) is 5.61. The van der Waals surface area contributed by atoms with Crippen LogP contribution in [0.1, 0.15) is 39.2 Å². The van der Waals surface area contributed by atoms with E-state index in [1.54, 1.807) is 32.3 Å². The topological polar surface area (TPSA) is 55.4 Å². The Kier molecular flexibility index (Phi) is 4.52. The number of carbonyl (C=O) groups is 2. The minimum absolute atomic E-state index is 0.0193. The van der Waals surface area contributed by atoms with Gasteiger partial charge in [0.05, 0.1) is 7.11 Å². The number of hydrogen-bond donors (Lipinski definition) is 1. The number of hydrogen-bond acceptors (Lipinski definition) is 5. The molecule has 5 heteroatoms. The van der Waals surface area contributed by atoms with E-state index in [1.165, 1.54) is 0 Å². The first-order valence-electron chi connectivity index (χ1n) is 8.10. The van der Waals surface area contributed by atoms with Gasteiger partial charge in [-0.05, 0) is 62.2 Å². The Labute approximate surface area is 151 Å². The van der Waals surface area contributed by atoms with Crippen LogP contribution in [-0.2, 0) is 9.59 Å². The molecule has 1 aromatic carbocycles. The summed E-state index contributed by atoms with van der Waals surface area (Å²) in [4.78, 5) is 24.8. The van der Waals surface area contributed by atoms with Gasteiger partial charge in [-0.1, -0.05) is 0 Å². The number of carbonyl (C=O) groups excluding carboxylic acids is 2. The van der Waals surface area contributed by atoms with Crippen LogP contribution in [-0.4, -0.2) is 18.7 Å². The molecule has 2 heterocycles. The van der Waals surface area contributed by atoms with Crippen molar-refractivity contribution < 1.29 is 14.3 Å². The molecule has 1 aliphatic rings. The van der Waals surface area contributed by atoms with Crippen LogP contribution >= 0.6 is 11.3 Å². The van der Waals surface area contributed by atoms with Crippen molar-refractivity contribution in [1.82, 2.24) is 5.32 Å². The highest BCUT2D eigenvalue weighted by molar-refractivity contribution is 7.17. The number of dihydropyridines is 1. The maximum atomic E-state index is 12.4. The summed E-state index contributed by atoms with van der Waals surface area (Å²) in [7, 11) is 1.64. The fourth-order valence-corrected chi connectivity index (χ4v) is 4.63. The van der Waals surface area contributed by atoms with E-state index in [1.807, 2.05) is 37.4 Å². The Bertz CT molecular complexity index is 913. The molecule has 0 atom stereocenters. The van der Waals surface area contributed by atoms with Gasteiger partial charge in [0, 0.05) is 33.2 Å². The minimum atomic E-state index is -0.335. The predicted molar refractivity (Wildman–Crippen MR) is 101 cm³/mol. The number of rotatable bonds is 4. The average molecular weight is 355 g/mol. The zero-order valence-electron chi connectivity index (χ0n) is 15.0. The third-order valence-electron chi connectivity index (χ3n) is 4.64. The van der Waals surface area contributed by atoms with E-state index in [-0.39, 0.29) is 17.5 Å². The molecule has 1 aliphatic heterocycles. The molecule has 0 amide bonds. The van der Waals surface area contributed by atoms with Crippen LogP contribution < -0.4 is 10.1 Å². The number of ketones is 2. The van der Waals surface area contributed by atoms with Crippen LogP contribution in [0.25, 0.3) is 10.1 Å². The highest BCUT2D eigenvalue weighted by Gasteiger charge is 2.34. The standard InChI is InChI=1S/C20H21NO3S/c1-10-18(12(3)22)20(19(13(4)23)11(2)21-10)16-9-25-17-8-14(24-5)6-7-15(16)17/h6-9,20-21H,1-5H3. The molecule has 0 fully saturated rings. The number of Topliss-reactive ketones (excluding diaryl/α,β-unsaturated/α-hetero) is 2. The molecule has 3 rings (SSSR count). The second kappa shape index (κ2) is 6.48. The summed E-state index contributed by atoms with van der Waals surface area (Å²) in [5.41, 5.74) is 3.94. The first kappa shape index (κ1) is 17.4. The van der Waals surface area contributed by atoms with Gasteiger partial charge in [-0.2, -0.15) is 0 Å². The zero-order valence-corrected chi connectivity index (χ0v) is 15.8. The van der Waals surface area contributed by atoms with Gasteiger partial charge in [0.1, 0.15) is 5.75 Å². The molecule has 0 unspecified atom stereocenters. The van der Waals surface area contributed by atoms with E-state index in [4.69, 9.17) is 4.74 Å². The van der Waals surface area contributed by atoms with Crippen molar-refractivity contribution >= 4 is 33.0 Å². The Morgan fingerprint density at radius 1 is 1.08 bits per heavy atom. The quantitative estimate of drug-likeness (QED) is 0.887. The molecule has 0 radical (unpaired) electrons. The van der Waals surface area contributed by atoms with Gasteiger partial charge in [-0.15, -0.1) is 11.3 Å². The molecule has 0 aliphatic carbocycles. The fourth-order valence-electron chi connectivity index (χ4n) is 3.62. The summed E-state index contributed by atoms with van der Waals surface area (Å²) in [6.45, 7) is 6.90. The lowest BCUT2D eigenvalue weighted by molar-refractivity contribution is -0.114. The number of ether oxygens (including phenoxy) is 1. The van der Waals surface area contributed by atoms with Crippen molar-refractivity contribution in [1.29, 1.82) is 0 Å². The lowest BCUT2D eigenvalue weighted by Crippen LogP contribution is -2.29. The molecular formula is C20H21NO3S. The van der Waals surface area contributed by atoms with Crippen molar-refractivity contribution in [3.8, 4) is 5.75 Å². The second-order valence-electron chi connectivity index (χ2n) is 6.30. The summed E-state index contributed by atoms with van der Waals surface area (Å²) in [6, 6.07) is 5.90. The Balaban J connectivity index is 2.28. The highest BCUT2D eigenvalue weighted by Crippen LogP contribution is 2.44. The van der Waals surface area contributed by atoms with Crippen LogP contribution in [0.2, 0.25) is 0 Å². The van der Waals surface area contributed by atoms with E-state index >= 15 is 0 Å². The minimum Gasteiger partial charge on any atom is -0.497 e. The second-order valence-corrected chi connectivity index (χ2v) is 7.21. The summed E-state index contributed by atoms with van der Waals surface area (Å²) >= 11 is 1.60. The highest BCUT2D eigenvalue weighted by atomic mass is 32.1. The van der Waals surface area contributed by atoms with Crippen molar-refractivity contribution in [2.45, 2.75) is 33.6 Å². The lowest BCUT2D eigenvalue weighted by atomic mass is 9.77. The summed E-state index contributed by atoms with van der Waals surface area (Å²) < 4.78 is 6.38. The van der Waals surface area contributed by atoms with Crippen molar-refractivity contribution in [3.05, 3.63) is 51.7 Å². The summed E-state index contributed by atoms with van der Waals surface area (Å²) in [5.74, 6) is 0.421. The molecule has 0 saturated carbocycles. The van der Waals surface area contributed by atoms with E-state index < -0.39 is 0 Å². The van der Waals surface area contributed by atoms with Crippen molar-refractivity contribution in [3.63, 3.8) is 0 Å². The summed E-state index contributed by atoms with van der Waals surface area (Å²) in [6.07, 6.45) is 0. The molecular weight excluding hydrogens is 334 g/mol. The van der Waals surface area contributed by atoms with Gasteiger partial charge >= 0.3 is 0 Å². The number of nitrogens with one attached hydrogen (secondary N) is 1.